The van der Waals surface area contributed by atoms with E-state index in [4.69, 9.17) is 27.1 Å². The number of unbranched alkanes of at least 4 members (excludes halogenated alkanes) is 2. The summed E-state index contributed by atoms with van der Waals surface area (Å²) in [6.45, 7) is 11.8. The number of hydrogen-bond donors (Lipinski definition) is 0. The van der Waals surface area contributed by atoms with E-state index in [2.05, 4.69) is 37.8 Å². The van der Waals surface area contributed by atoms with Crippen molar-refractivity contribution in [1.82, 2.24) is 0 Å². The minimum atomic E-state index is -0.903. The van der Waals surface area contributed by atoms with E-state index in [-0.39, 0.29) is 104 Å². The van der Waals surface area contributed by atoms with Gasteiger partial charge in [0.25, 0.3) is 0 Å². The Hall–Kier alpha value is -0.928. The number of aliphatic imine (C=N–C) groups is 2. The van der Waals surface area contributed by atoms with Crippen molar-refractivity contribution in [3.63, 3.8) is 0 Å². The molecule has 0 aromatic rings. The second-order valence-electron chi connectivity index (χ2n) is 9.36. The van der Waals surface area contributed by atoms with Gasteiger partial charge in [-0.3, -0.25) is 4.79 Å². The first-order valence-corrected chi connectivity index (χ1v) is 12.8. The molecule has 0 saturated carbocycles. The van der Waals surface area contributed by atoms with Crippen LogP contribution in [-0.4, -0.2) is 57.5 Å². The van der Waals surface area contributed by atoms with Crippen molar-refractivity contribution in [3.05, 3.63) is 0 Å². The van der Waals surface area contributed by atoms with E-state index in [0.717, 1.165) is 12.8 Å². The Labute approximate surface area is 293 Å². The summed E-state index contributed by atoms with van der Waals surface area (Å²) in [4.78, 5) is 52.3. The van der Waals surface area contributed by atoms with Crippen molar-refractivity contribution in [3.8, 4) is 24.7 Å². The molecule has 2 aliphatic heterocycles. The first-order valence-electron chi connectivity index (χ1n) is 11.9. The summed E-state index contributed by atoms with van der Waals surface area (Å²) in [5.74, 6) is 4.67. The molecule has 0 spiro atoms. The Morgan fingerprint density at radius 3 is 1.66 bits per heavy atom. The van der Waals surface area contributed by atoms with Crippen LogP contribution in [0.25, 0.3) is 0 Å². The number of terminal acetylenes is 2. The van der Waals surface area contributed by atoms with Gasteiger partial charge in [0, 0.05) is 25.7 Å². The topological polar surface area (TPSA) is 121 Å². The van der Waals surface area contributed by atoms with Crippen LogP contribution in [0, 0.1) is 24.7 Å². The molecule has 0 aromatic carbocycles. The number of ether oxygens (including phenoxy) is 3. The summed E-state index contributed by atoms with van der Waals surface area (Å²) in [7, 11) is 0. The molecule has 2 aliphatic rings. The number of ketones is 1. The van der Waals surface area contributed by atoms with Crippen LogP contribution in [-0.2, 0) is 33.4 Å². The van der Waals surface area contributed by atoms with Crippen LogP contribution < -0.4 is 68.9 Å². The number of esters is 3. The van der Waals surface area contributed by atoms with E-state index in [9.17, 15) is 19.2 Å². The summed E-state index contributed by atoms with van der Waals surface area (Å²) < 4.78 is 15.0. The fourth-order valence-corrected chi connectivity index (χ4v) is 2.75. The van der Waals surface area contributed by atoms with Crippen LogP contribution in [0.1, 0.15) is 87.0 Å². The third kappa shape index (κ3) is 15.6. The Bertz CT molecular complexity index is 988. The first kappa shape index (κ1) is 39.2. The number of Topliss-reactive ketones (excluding diaryl/α,β-unsaturated/α-hetero) is 1. The summed E-state index contributed by atoms with van der Waals surface area (Å²) in [6.07, 6.45) is 12.9. The molecule has 2 rings (SSSR count). The zero-order valence-electron chi connectivity index (χ0n) is 23.7. The fourth-order valence-electron chi connectivity index (χ4n) is 2.55. The average Bonchev–Trinajstić information content (AvgIpc) is 3.22. The monoisotopic (exact) mass is 713 g/mol. The Morgan fingerprint density at radius 2 is 1.34 bits per heavy atom. The number of halogens is 1. The molecule has 0 N–H and O–H groups in total. The van der Waals surface area contributed by atoms with E-state index < -0.39 is 23.2 Å². The number of hydrogen-bond acceptors (Lipinski definition) is 9. The molecule has 2 atom stereocenters. The van der Waals surface area contributed by atoms with Gasteiger partial charge in [0.15, 0.2) is 17.2 Å². The van der Waals surface area contributed by atoms with Crippen molar-refractivity contribution < 1.29 is 102 Å². The zero-order valence-corrected chi connectivity index (χ0v) is 31.5. The van der Waals surface area contributed by atoms with Gasteiger partial charge in [-0.2, -0.15) is 0 Å². The van der Waals surface area contributed by atoms with Gasteiger partial charge in [0.2, 0.25) is 11.8 Å². The van der Waals surface area contributed by atoms with Crippen molar-refractivity contribution in [1.29, 1.82) is 0 Å². The summed E-state index contributed by atoms with van der Waals surface area (Å²) in [5, 5.41) is 0. The zero-order chi connectivity index (χ0) is 28.8. The number of alkyl halides is 1. The van der Waals surface area contributed by atoms with Gasteiger partial charge < -0.3 is 19.0 Å². The van der Waals surface area contributed by atoms with E-state index in [0.29, 0.717) is 25.2 Å². The van der Waals surface area contributed by atoms with Crippen LogP contribution in [0.2, 0.25) is 0 Å². The quantitative estimate of drug-likeness (QED) is 0.116. The standard InChI is InChI=1S/C13H17NO4.C7H10BrNO2.C7H10O.Cs/c1-5-6-7-8-10(15)17-9(2)11-14-13(3,4)12(16)18-11;1-4(8)5-9-7(2,3)6(10)11-5;1-3-4-5-6-7(2)8;/h1,9H,6-8H2,2-4H3;4H,1-3H3;1H,4-6H2,2H3;/q;;;+1. The van der Waals surface area contributed by atoms with Crippen LogP contribution in [0.3, 0.4) is 0 Å². The van der Waals surface area contributed by atoms with Crippen LogP contribution >= 0.6 is 15.9 Å². The Morgan fingerprint density at radius 1 is 0.921 bits per heavy atom. The van der Waals surface area contributed by atoms with Gasteiger partial charge in [0.05, 0.1) is 4.83 Å². The molecule has 204 valence electrons. The number of carbonyl (C=O) groups excluding carboxylic acids is 4. The van der Waals surface area contributed by atoms with Crippen molar-refractivity contribution in [2.75, 3.05) is 0 Å². The molecule has 0 radical (unpaired) electrons. The molecule has 0 saturated heterocycles. The molecular formula is C27H37BrCsN2O7+. The molecule has 11 heteroatoms. The smallest absolute Gasteiger partial charge is 0.453 e. The molecule has 0 fully saturated rings. The predicted molar refractivity (Wildman–Crippen MR) is 145 cm³/mol. The molecule has 0 aromatic heterocycles. The van der Waals surface area contributed by atoms with Crippen LogP contribution in [0.5, 0.6) is 0 Å². The van der Waals surface area contributed by atoms with Crippen LogP contribution in [0.15, 0.2) is 9.98 Å². The number of nitrogens with zero attached hydrogens (tertiary/aromatic N) is 2. The minimum absolute atomic E-state index is 0. The number of cyclic esters (lactones) is 2. The summed E-state index contributed by atoms with van der Waals surface area (Å²) >= 11 is 3.27. The molecule has 0 bridgehead atoms. The minimum Gasteiger partial charge on any atom is -0.453 e. The average molecular weight is 714 g/mol. The molecule has 2 unspecified atom stereocenters. The SMILES string of the molecule is C#CCCCC(=O)OC(C)C1=NC(C)(C)C(=O)O1.C#CCCCC(C)=O.CC(Br)C1=NC(C)(C)C(=O)O1.[Cs+]. The largest absolute Gasteiger partial charge is 1.00 e. The maximum absolute atomic E-state index is 11.4. The fraction of sp³-hybridized carbons (Fsp3) is 0.630. The third-order valence-electron chi connectivity index (χ3n) is 4.72. The van der Waals surface area contributed by atoms with Gasteiger partial charge in [-0.1, -0.05) is 15.9 Å². The normalized spacial score (nSPS) is 17.5. The van der Waals surface area contributed by atoms with Gasteiger partial charge >= 0.3 is 86.8 Å². The molecule has 9 nitrogen and oxygen atoms in total. The first-order chi connectivity index (χ1) is 17.1. The maximum atomic E-state index is 11.4. The van der Waals surface area contributed by atoms with Crippen molar-refractivity contribution in [2.45, 2.75) is 109 Å². The number of rotatable bonds is 9. The number of carbonyl (C=O) groups is 4. The van der Waals surface area contributed by atoms with E-state index in [1.807, 2.05) is 6.92 Å². The molecule has 0 amide bonds. The summed E-state index contributed by atoms with van der Waals surface area (Å²) in [6, 6.07) is 0. The Kier molecular flexibility index (Phi) is 19.8. The molecule has 38 heavy (non-hydrogen) atoms. The van der Waals surface area contributed by atoms with Crippen molar-refractivity contribution in [2.24, 2.45) is 9.98 Å². The van der Waals surface area contributed by atoms with E-state index in [1.165, 1.54) is 0 Å². The predicted octanol–water partition coefficient (Wildman–Crippen LogP) is 1.34. The molecule has 0 aliphatic carbocycles. The summed E-state index contributed by atoms with van der Waals surface area (Å²) in [5.41, 5.74) is -1.60. The van der Waals surface area contributed by atoms with Gasteiger partial charge in [-0.05, 0) is 61.3 Å². The Balaban J connectivity index is 0. The van der Waals surface area contributed by atoms with Gasteiger partial charge in [-0.15, -0.1) is 24.7 Å². The molecule has 2 heterocycles. The second kappa shape index (κ2) is 19.2. The third-order valence-corrected chi connectivity index (χ3v) is 5.11. The van der Waals surface area contributed by atoms with E-state index in [1.54, 1.807) is 41.5 Å². The van der Waals surface area contributed by atoms with Crippen LogP contribution in [0.4, 0.5) is 0 Å². The maximum Gasteiger partial charge on any atom is 1.00 e. The van der Waals surface area contributed by atoms with Gasteiger partial charge in [0.1, 0.15) is 5.78 Å². The second-order valence-corrected chi connectivity index (χ2v) is 10.7. The van der Waals surface area contributed by atoms with Crippen molar-refractivity contribution >= 4 is 51.4 Å². The van der Waals surface area contributed by atoms with E-state index >= 15 is 0 Å². The molecular weight excluding hydrogens is 677 g/mol. The van der Waals surface area contributed by atoms with Gasteiger partial charge in [-0.25, -0.2) is 19.6 Å².